The number of hydrogen-bond acceptors (Lipinski definition) is 3. The Labute approximate surface area is 103 Å². The van der Waals surface area contributed by atoms with Crippen LogP contribution in [0.15, 0.2) is 48.7 Å². The Morgan fingerprint density at radius 1 is 0.882 bits per heavy atom. The lowest BCUT2D eigenvalue weighted by molar-refractivity contribution is 1.04. The number of halogens is 1. The largest absolute Gasteiger partial charge is 0.256 e. The topological polar surface area (TPSA) is 38.7 Å². The molecule has 0 saturated heterocycles. The fourth-order valence-corrected chi connectivity index (χ4v) is 1.87. The number of rotatable bonds is 1. The molecule has 0 fully saturated rings. The van der Waals surface area contributed by atoms with Crippen LogP contribution in [0.25, 0.3) is 22.2 Å². The normalized spacial score (nSPS) is 10.6. The molecule has 3 aromatic rings. The van der Waals surface area contributed by atoms with Gasteiger partial charge in [0.25, 0.3) is 0 Å². The zero-order valence-electron chi connectivity index (χ0n) is 8.84. The van der Waals surface area contributed by atoms with E-state index in [9.17, 15) is 0 Å². The molecule has 0 saturated carbocycles. The lowest BCUT2D eigenvalue weighted by Crippen LogP contribution is -1.89. The van der Waals surface area contributed by atoms with Crippen LogP contribution in [-0.4, -0.2) is 15.2 Å². The monoisotopic (exact) mass is 241 g/mol. The summed E-state index contributed by atoms with van der Waals surface area (Å²) in [6.07, 6.45) is 1.77. The first-order chi connectivity index (χ1) is 8.34. The van der Waals surface area contributed by atoms with Gasteiger partial charge >= 0.3 is 0 Å². The molecule has 2 heterocycles. The van der Waals surface area contributed by atoms with Crippen LogP contribution in [0.2, 0.25) is 5.15 Å². The van der Waals surface area contributed by atoms with Crippen LogP contribution in [0.4, 0.5) is 0 Å². The van der Waals surface area contributed by atoms with Gasteiger partial charge in [0, 0.05) is 17.1 Å². The second-order valence-electron chi connectivity index (χ2n) is 3.62. The van der Waals surface area contributed by atoms with Crippen LogP contribution in [0, 0.1) is 0 Å². The molecule has 0 aliphatic rings. The number of fused-ring (bicyclic) bond motifs is 1. The SMILES string of the molecule is Clc1ccc(-c2cccc3cccnc23)nn1. The Bertz CT molecular complexity index is 660. The average Bonchev–Trinajstić information content (AvgIpc) is 2.39. The van der Waals surface area contributed by atoms with Crippen molar-refractivity contribution in [2.45, 2.75) is 0 Å². The van der Waals surface area contributed by atoms with Crippen LogP contribution < -0.4 is 0 Å². The van der Waals surface area contributed by atoms with Crippen LogP contribution in [0.1, 0.15) is 0 Å². The van der Waals surface area contributed by atoms with Crippen LogP contribution in [0.5, 0.6) is 0 Å². The van der Waals surface area contributed by atoms with E-state index in [4.69, 9.17) is 11.6 Å². The Morgan fingerprint density at radius 2 is 1.76 bits per heavy atom. The minimum absolute atomic E-state index is 0.391. The molecule has 82 valence electrons. The third-order valence-electron chi connectivity index (χ3n) is 2.54. The first-order valence-corrected chi connectivity index (χ1v) is 5.56. The van der Waals surface area contributed by atoms with Crippen molar-refractivity contribution in [1.82, 2.24) is 15.2 Å². The van der Waals surface area contributed by atoms with Crippen molar-refractivity contribution in [3.63, 3.8) is 0 Å². The van der Waals surface area contributed by atoms with Crippen LogP contribution in [-0.2, 0) is 0 Å². The van der Waals surface area contributed by atoms with Gasteiger partial charge in [0.05, 0.1) is 11.2 Å². The minimum atomic E-state index is 0.391. The van der Waals surface area contributed by atoms with E-state index in [2.05, 4.69) is 15.2 Å². The zero-order valence-corrected chi connectivity index (χ0v) is 9.59. The van der Waals surface area contributed by atoms with Gasteiger partial charge in [0.15, 0.2) is 5.15 Å². The maximum absolute atomic E-state index is 5.73. The summed E-state index contributed by atoms with van der Waals surface area (Å²) in [7, 11) is 0. The van der Waals surface area contributed by atoms with Crippen molar-refractivity contribution in [1.29, 1.82) is 0 Å². The fourth-order valence-electron chi connectivity index (χ4n) is 1.77. The molecule has 4 heteroatoms. The van der Waals surface area contributed by atoms with Gasteiger partial charge in [-0.2, -0.15) is 0 Å². The number of para-hydroxylation sites is 1. The Balaban J connectivity index is 2.27. The lowest BCUT2D eigenvalue weighted by atomic mass is 10.1. The van der Waals surface area contributed by atoms with Gasteiger partial charge in [-0.15, -0.1) is 10.2 Å². The highest BCUT2D eigenvalue weighted by atomic mass is 35.5. The van der Waals surface area contributed by atoms with Crippen molar-refractivity contribution in [3.05, 3.63) is 53.8 Å². The van der Waals surface area contributed by atoms with Crippen molar-refractivity contribution in [3.8, 4) is 11.3 Å². The highest BCUT2D eigenvalue weighted by Crippen LogP contribution is 2.25. The molecule has 0 amide bonds. The molecule has 0 bridgehead atoms. The van der Waals surface area contributed by atoms with E-state index in [1.807, 2.05) is 36.4 Å². The first-order valence-electron chi connectivity index (χ1n) is 5.18. The fraction of sp³-hybridized carbons (Fsp3) is 0. The quantitative estimate of drug-likeness (QED) is 0.656. The zero-order chi connectivity index (χ0) is 11.7. The van der Waals surface area contributed by atoms with E-state index < -0.39 is 0 Å². The van der Waals surface area contributed by atoms with Gasteiger partial charge in [-0.25, -0.2) is 0 Å². The van der Waals surface area contributed by atoms with Gasteiger partial charge < -0.3 is 0 Å². The highest BCUT2D eigenvalue weighted by Gasteiger charge is 2.05. The van der Waals surface area contributed by atoms with Crippen LogP contribution in [0.3, 0.4) is 0 Å². The summed E-state index contributed by atoms with van der Waals surface area (Å²) >= 11 is 5.73. The molecule has 3 rings (SSSR count). The highest BCUT2D eigenvalue weighted by molar-refractivity contribution is 6.29. The number of hydrogen-bond donors (Lipinski definition) is 0. The minimum Gasteiger partial charge on any atom is -0.256 e. The molecule has 0 unspecified atom stereocenters. The van der Waals surface area contributed by atoms with Crippen molar-refractivity contribution in [2.75, 3.05) is 0 Å². The maximum Gasteiger partial charge on any atom is 0.151 e. The van der Waals surface area contributed by atoms with E-state index in [1.165, 1.54) is 0 Å². The Morgan fingerprint density at radius 3 is 2.59 bits per heavy atom. The average molecular weight is 242 g/mol. The molecular formula is C13H8ClN3. The van der Waals surface area contributed by atoms with Gasteiger partial charge in [-0.1, -0.05) is 35.9 Å². The van der Waals surface area contributed by atoms with Gasteiger partial charge in [0.1, 0.15) is 0 Å². The van der Waals surface area contributed by atoms with Gasteiger partial charge in [-0.3, -0.25) is 4.98 Å². The number of nitrogens with zero attached hydrogens (tertiary/aromatic N) is 3. The van der Waals surface area contributed by atoms with Gasteiger partial charge in [0.2, 0.25) is 0 Å². The second kappa shape index (κ2) is 4.11. The summed E-state index contributed by atoms with van der Waals surface area (Å²) in [5, 5.41) is 9.40. The Kier molecular flexibility index (Phi) is 2.46. The van der Waals surface area contributed by atoms with E-state index >= 15 is 0 Å². The molecular weight excluding hydrogens is 234 g/mol. The standard InChI is InChI=1S/C13H8ClN3/c14-12-7-6-11(16-17-12)10-5-1-3-9-4-2-8-15-13(9)10/h1-8H. The number of pyridine rings is 1. The van der Waals surface area contributed by atoms with E-state index in [-0.39, 0.29) is 0 Å². The molecule has 3 nitrogen and oxygen atoms in total. The molecule has 0 N–H and O–H groups in total. The molecule has 17 heavy (non-hydrogen) atoms. The smallest absolute Gasteiger partial charge is 0.151 e. The van der Waals surface area contributed by atoms with E-state index in [1.54, 1.807) is 12.3 Å². The molecule has 1 aromatic carbocycles. The summed E-state index contributed by atoms with van der Waals surface area (Å²) in [5.41, 5.74) is 2.66. The number of benzene rings is 1. The molecule has 0 aliphatic heterocycles. The molecule has 0 atom stereocenters. The third-order valence-corrected chi connectivity index (χ3v) is 2.74. The van der Waals surface area contributed by atoms with Crippen molar-refractivity contribution < 1.29 is 0 Å². The van der Waals surface area contributed by atoms with E-state index in [0.717, 1.165) is 22.2 Å². The second-order valence-corrected chi connectivity index (χ2v) is 4.01. The predicted octanol–water partition coefficient (Wildman–Crippen LogP) is 3.35. The lowest BCUT2D eigenvalue weighted by Gasteiger charge is -2.03. The molecule has 2 aromatic heterocycles. The van der Waals surface area contributed by atoms with Crippen molar-refractivity contribution >= 4 is 22.5 Å². The summed E-state index contributed by atoms with van der Waals surface area (Å²) in [5.74, 6) is 0. The molecule has 0 radical (unpaired) electrons. The van der Waals surface area contributed by atoms with Gasteiger partial charge in [-0.05, 0) is 18.2 Å². The van der Waals surface area contributed by atoms with E-state index in [0.29, 0.717) is 5.15 Å². The van der Waals surface area contributed by atoms with Crippen molar-refractivity contribution in [2.24, 2.45) is 0 Å². The predicted molar refractivity (Wildman–Crippen MR) is 67.8 cm³/mol. The summed E-state index contributed by atoms with van der Waals surface area (Å²) in [6, 6.07) is 13.5. The van der Waals surface area contributed by atoms with Crippen LogP contribution >= 0.6 is 11.6 Å². The maximum atomic E-state index is 5.73. The summed E-state index contributed by atoms with van der Waals surface area (Å²) in [4.78, 5) is 4.38. The first kappa shape index (κ1) is 10.2. The molecule has 0 spiro atoms. The third kappa shape index (κ3) is 1.85. The molecule has 0 aliphatic carbocycles. The summed E-state index contributed by atoms with van der Waals surface area (Å²) in [6.45, 7) is 0. The summed E-state index contributed by atoms with van der Waals surface area (Å²) < 4.78 is 0. The number of aromatic nitrogens is 3. The Hall–Kier alpha value is -2.00.